The molecule has 0 amide bonds. The van der Waals surface area contributed by atoms with Crippen molar-refractivity contribution >= 4 is 28.5 Å². The summed E-state index contributed by atoms with van der Waals surface area (Å²) in [5.74, 6) is -1.14. The van der Waals surface area contributed by atoms with Gasteiger partial charge in [-0.25, -0.2) is 4.79 Å². The molecule has 0 spiro atoms. The second-order valence-corrected chi connectivity index (χ2v) is 7.96. The first-order valence-corrected chi connectivity index (χ1v) is 10.5. The van der Waals surface area contributed by atoms with Crippen molar-refractivity contribution in [2.45, 2.75) is 19.5 Å². The van der Waals surface area contributed by atoms with Gasteiger partial charge in [-0.3, -0.25) is 0 Å². The van der Waals surface area contributed by atoms with Gasteiger partial charge in [-0.05, 0) is 41.8 Å². The van der Waals surface area contributed by atoms with E-state index in [1.807, 2.05) is 43.3 Å². The van der Waals surface area contributed by atoms with Crippen LogP contribution in [0.1, 0.15) is 27.2 Å². The predicted octanol–water partition coefficient (Wildman–Crippen LogP) is 7.14. The van der Waals surface area contributed by atoms with E-state index >= 15 is 0 Å². The van der Waals surface area contributed by atoms with Gasteiger partial charge in [-0.15, -0.1) is 0 Å². The highest BCUT2D eigenvalue weighted by Crippen LogP contribution is 2.39. The number of H-pyrrole nitrogens is 1. The highest BCUT2D eigenvalue weighted by Gasteiger charge is 2.34. The Morgan fingerprint density at radius 3 is 2.52 bits per heavy atom. The van der Waals surface area contributed by atoms with E-state index in [-0.39, 0.29) is 18.1 Å². The number of carboxylic acids is 1. The van der Waals surface area contributed by atoms with Crippen molar-refractivity contribution in [2.24, 2.45) is 0 Å². The van der Waals surface area contributed by atoms with Gasteiger partial charge in [0, 0.05) is 17.4 Å². The first-order valence-electron chi connectivity index (χ1n) is 10.1. The van der Waals surface area contributed by atoms with Gasteiger partial charge in [0.15, 0.2) is 0 Å². The summed E-state index contributed by atoms with van der Waals surface area (Å²) in [5, 5.41) is 9.71. The molecule has 4 aromatic rings. The largest absolute Gasteiger partial charge is 0.492 e. The maximum Gasteiger partial charge on any atom is 0.417 e. The fourth-order valence-electron chi connectivity index (χ4n) is 3.82. The summed E-state index contributed by atoms with van der Waals surface area (Å²) in [4.78, 5) is 14.6. The van der Waals surface area contributed by atoms with Gasteiger partial charge in [0.2, 0.25) is 0 Å². The highest BCUT2D eigenvalue weighted by atomic mass is 35.5. The minimum Gasteiger partial charge on any atom is -0.492 e. The summed E-state index contributed by atoms with van der Waals surface area (Å²) in [5.41, 5.74) is 3.45. The van der Waals surface area contributed by atoms with Crippen molar-refractivity contribution in [2.75, 3.05) is 6.61 Å². The average molecular weight is 474 g/mol. The van der Waals surface area contributed by atoms with Gasteiger partial charge >= 0.3 is 12.1 Å². The molecule has 1 heterocycles. The average Bonchev–Trinajstić information content (AvgIpc) is 3.21. The van der Waals surface area contributed by atoms with Gasteiger partial charge in [-0.2, -0.15) is 13.2 Å². The lowest BCUT2D eigenvalue weighted by Gasteiger charge is -2.14. The number of carbonyl (C=O) groups is 1. The zero-order valence-electron chi connectivity index (χ0n) is 17.5. The molecule has 0 atom stereocenters. The number of hydrogen-bond donors (Lipinski definition) is 2. The van der Waals surface area contributed by atoms with E-state index in [2.05, 4.69) is 4.98 Å². The number of alkyl halides is 3. The molecule has 0 bridgehead atoms. The van der Waals surface area contributed by atoms with E-state index in [1.165, 1.54) is 12.1 Å². The van der Waals surface area contributed by atoms with Gasteiger partial charge in [0.25, 0.3) is 0 Å². The van der Waals surface area contributed by atoms with Crippen molar-refractivity contribution in [1.29, 1.82) is 0 Å². The number of rotatable bonds is 6. The lowest BCUT2D eigenvalue weighted by atomic mass is 9.96. The van der Waals surface area contributed by atoms with E-state index in [0.717, 1.165) is 28.3 Å². The van der Waals surface area contributed by atoms with E-state index in [0.29, 0.717) is 17.3 Å². The maximum atomic E-state index is 13.1. The van der Waals surface area contributed by atoms with Crippen molar-refractivity contribution in [3.05, 3.63) is 88.1 Å². The molecule has 0 aliphatic rings. The van der Waals surface area contributed by atoms with E-state index in [1.54, 1.807) is 6.07 Å². The number of aromatic nitrogens is 1. The third-order valence-corrected chi connectivity index (χ3v) is 5.84. The minimum atomic E-state index is -4.58. The molecule has 0 fully saturated rings. The number of ether oxygens (including phenoxy) is 1. The normalized spacial score (nSPS) is 11.7. The predicted molar refractivity (Wildman–Crippen MR) is 121 cm³/mol. The van der Waals surface area contributed by atoms with E-state index in [4.69, 9.17) is 16.3 Å². The Balaban J connectivity index is 1.65. The number of aromatic carboxylic acids is 1. The number of aromatic amines is 1. The first kappa shape index (κ1) is 22.7. The molecule has 3 aromatic carbocycles. The number of halogens is 4. The monoisotopic (exact) mass is 473 g/mol. The molecule has 33 heavy (non-hydrogen) atoms. The zero-order valence-corrected chi connectivity index (χ0v) is 18.2. The van der Waals surface area contributed by atoms with E-state index < -0.39 is 22.7 Å². The fraction of sp³-hybridized carbons (Fsp3) is 0.160. The molecule has 0 aliphatic heterocycles. The minimum absolute atomic E-state index is 0.0501. The Hall–Kier alpha value is -3.45. The van der Waals surface area contributed by atoms with Gasteiger partial charge in [-0.1, -0.05) is 54.1 Å². The molecule has 0 saturated carbocycles. The second-order valence-electron chi connectivity index (χ2n) is 7.58. The van der Waals surface area contributed by atoms with Crippen LogP contribution in [-0.4, -0.2) is 22.7 Å². The number of nitrogens with one attached hydrogen (secondary N) is 1. The van der Waals surface area contributed by atoms with Crippen LogP contribution in [0.5, 0.6) is 5.75 Å². The van der Waals surface area contributed by atoms with Gasteiger partial charge in [0.05, 0.1) is 22.7 Å². The van der Waals surface area contributed by atoms with Crippen molar-refractivity contribution in [1.82, 2.24) is 4.98 Å². The van der Waals surface area contributed by atoms with Crippen LogP contribution in [-0.2, 0) is 12.6 Å². The summed E-state index contributed by atoms with van der Waals surface area (Å²) in [6.45, 7) is 2.04. The third kappa shape index (κ3) is 4.54. The van der Waals surface area contributed by atoms with Crippen LogP contribution in [0, 0.1) is 6.92 Å². The molecular formula is C25H19ClF3NO3. The van der Waals surface area contributed by atoms with Crippen molar-refractivity contribution < 1.29 is 27.8 Å². The lowest BCUT2D eigenvalue weighted by Crippen LogP contribution is -2.08. The third-order valence-electron chi connectivity index (χ3n) is 5.45. The van der Waals surface area contributed by atoms with Crippen LogP contribution < -0.4 is 4.74 Å². The fourth-order valence-corrected chi connectivity index (χ4v) is 4.11. The Morgan fingerprint density at radius 2 is 1.82 bits per heavy atom. The topological polar surface area (TPSA) is 62.3 Å². The molecule has 0 radical (unpaired) electrons. The molecule has 0 saturated heterocycles. The number of carboxylic acid groups (broad SMARTS) is 1. The van der Waals surface area contributed by atoms with Crippen molar-refractivity contribution in [3.8, 4) is 16.9 Å². The summed E-state index contributed by atoms with van der Waals surface area (Å²) < 4.78 is 44.8. The summed E-state index contributed by atoms with van der Waals surface area (Å²) in [7, 11) is 0. The molecular weight excluding hydrogens is 455 g/mol. The molecule has 8 heteroatoms. The Bertz CT molecular complexity index is 1340. The standard InChI is InChI=1S/C25H19ClF3NO3/c1-14-5-2-3-6-16(14)17-10-9-15(18-13-20(24(31)32)30-23(17)18)11-12-33-21-8-4-7-19(22(21)26)25(27,28)29/h2-10,13,30H,11-12H2,1H3,(H,31,32). The molecule has 1 aromatic heterocycles. The Kier molecular flexibility index (Phi) is 6.08. The highest BCUT2D eigenvalue weighted by molar-refractivity contribution is 6.32. The van der Waals surface area contributed by atoms with Gasteiger partial charge in [0.1, 0.15) is 11.4 Å². The number of aryl methyl sites for hydroxylation is 1. The Morgan fingerprint density at radius 1 is 1.06 bits per heavy atom. The van der Waals surface area contributed by atoms with E-state index in [9.17, 15) is 23.1 Å². The summed E-state index contributed by atoms with van der Waals surface area (Å²) in [6.07, 6.45) is -4.24. The van der Waals surface area contributed by atoms with Crippen LogP contribution in [0.2, 0.25) is 5.02 Å². The van der Waals surface area contributed by atoms with Gasteiger partial charge < -0.3 is 14.8 Å². The van der Waals surface area contributed by atoms with Crippen LogP contribution in [0.25, 0.3) is 22.0 Å². The molecule has 170 valence electrons. The quantitative estimate of drug-likeness (QED) is 0.313. The zero-order chi connectivity index (χ0) is 23.8. The Labute approximate surface area is 192 Å². The summed E-state index contributed by atoms with van der Waals surface area (Å²) in [6, 6.07) is 16.6. The van der Waals surface area contributed by atoms with Crippen LogP contribution >= 0.6 is 11.6 Å². The smallest absolute Gasteiger partial charge is 0.417 e. The van der Waals surface area contributed by atoms with Crippen molar-refractivity contribution in [3.63, 3.8) is 0 Å². The number of hydrogen-bond acceptors (Lipinski definition) is 2. The second kappa shape index (κ2) is 8.83. The molecule has 0 aliphatic carbocycles. The SMILES string of the molecule is Cc1ccccc1-c1ccc(CCOc2cccc(C(F)(F)F)c2Cl)c2cc(C(=O)O)[nH]c12. The van der Waals surface area contributed by atoms with Crippen LogP contribution in [0.15, 0.2) is 60.7 Å². The molecule has 4 nitrogen and oxygen atoms in total. The van der Waals surface area contributed by atoms with Crippen LogP contribution in [0.4, 0.5) is 13.2 Å². The number of fused-ring (bicyclic) bond motifs is 1. The number of benzene rings is 3. The summed E-state index contributed by atoms with van der Waals surface area (Å²) >= 11 is 5.90. The molecule has 2 N–H and O–H groups in total. The molecule has 4 rings (SSSR count). The molecule has 0 unspecified atom stereocenters. The maximum absolute atomic E-state index is 13.1. The van der Waals surface area contributed by atoms with Crippen LogP contribution in [0.3, 0.4) is 0 Å². The first-order chi connectivity index (χ1) is 15.7. The lowest BCUT2D eigenvalue weighted by molar-refractivity contribution is -0.137.